The van der Waals surface area contributed by atoms with E-state index in [1.54, 1.807) is 13.8 Å². The fraction of sp³-hybridized carbons (Fsp3) is 0.545. The molecule has 1 aliphatic heterocycles. The minimum atomic E-state index is -0.768. The molecule has 0 aliphatic carbocycles. The number of hydrogen-bond donors (Lipinski definition) is 1. The molecule has 0 saturated heterocycles. The monoisotopic (exact) mass is 224 g/mol. The van der Waals surface area contributed by atoms with Gasteiger partial charge < -0.3 is 5.32 Å². The Morgan fingerprint density at radius 3 is 2.25 bits per heavy atom. The molecule has 0 aromatic rings. The first kappa shape index (κ1) is 12.4. The predicted octanol–water partition coefficient (Wildman–Crippen LogP) is 0.215. The molecular formula is C11H16N2O3. The van der Waals surface area contributed by atoms with Crippen LogP contribution in [0.2, 0.25) is 0 Å². The summed E-state index contributed by atoms with van der Waals surface area (Å²) in [5.41, 5.74) is 0.370. The Kier molecular flexibility index (Phi) is 3.47. The van der Waals surface area contributed by atoms with Gasteiger partial charge in [-0.05, 0) is 27.7 Å². The van der Waals surface area contributed by atoms with Gasteiger partial charge in [-0.25, -0.2) is 0 Å². The SMILES string of the molecule is CC1=CC(=O)N(C(C)C(=O)NC(C)C)C1=O. The van der Waals surface area contributed by atoms with Crippen LogP contribution in [0.25, 0.3) is 0 Å². The maximum atomic E-state index is 11.7. The molecule has 0 radical (unpaired) electrons. The highest BCUT2D eigenvalue weighted by molar-refractivity contribution is 6.17. The van der Waals surface area contributed by atoms with Crippen LogP contribution in [0, 0.1) is 0 Å². The first-order valence-corrected chi connectivity index (χ1v) is 5.20. The van der Waals surface area contributed by atoms with Crippen LogP contribution < -0.4 is 5.32 Å². The van der Waals surface area contributed by atoms with Gasteiger partial charge in [-0.1, -0.05) is 0 Å². The number of rotatable bonds is 3. The van der Waals surface area contributed by atoms with Gasteiger partial charge >= 0.3 is 0 Å². The molecule has 1 aliphatic rings. The summed E-state index contributed by atoms with van der Waals surface area (Å²) >= 11 is 0. The molecule has 0 aromatic heterocycles. The highest BCUT2D eigenvalue weighted by Gasteiger charge is 2.35. The molecule has 0 aromatic carbocycles. The molecule has 1 N–H and O–H groups in total. The molecule has 16 heavy (non-hydrogen) atoms. The summed E-state index contributed by atoms with van der Waals surface area (Å²) < 4.78 is 0. The lowest BCUT2D eigenvalue weighted by Crippen LogP contribution is -2.49. The molecular weight excluding hydrogens is 208 g/mol. The second kappa shape index (κ2) is 4.47. The number of nitrogens with zero attached hydrogens (tertiary/aromatic N) is 1. The fourth-order valence-electron chi connectivity index (χ4n) is 1.50. The molecule has 88 valence electrons. The number of hydrogen-bond acceptors (Lipinski definition) is 3. The first-order chi connectivity index (χ1) is 7.34. The Labute approximate surface area is 94.5 Å². The minimum absolute atomic E-state index is 0.0168. The Morgan fingerprint density at radius 1 is 1.31 bits per heavy atom. The molecule has 1 atom stereocenters. The Morgan fingerprint density at radius 2 is 1.88 bits per heavy atom. The minimum Gasteiger partial charge on any atom is -0.352 e. The van der Waals surface area contributed by atoms with Gasteiger partial charge in [-0.2, -0.15) is 0 Å². The van der Waals surface area contributed by atoms with Gasteiger partial charge in [0.05, 0.1) is 0 Å². The van der Waals surface area contributed by atoms with E-state index in [1.165, 1.54) is 6.08 Å². The van der Waals surface area contributed by atoms with Crippen molar-refractivity contribution in [2.24, 2.45) is 0 Å². The van der Waals surface area contributed by atoms with E-state index < -0.39 is 17.9 Å². The molecule has 1 unspecified atom stereocenters. The van der Waals surface area contributed by atoms with Gasteiger partial charge in [-0.3, -0.25) is 19.3 Å². The van der Waals surface area contributed by atoms with Gasteiger partial charge in [0.2, 0.25) is 5.91 Å². The largest absolute Gasteiger partial charge is 0.352 e. The van der Waals surface area contributed by atoms with Crippen molar-refractivity contribution in [3.05, 3.63) is 11.6 Å². The van der Waals surface area contributed by atoms with Crippen LogP contribution in [0.1, 0.15) is 27.7 Å². The van der Waals surface area contributed by atoms with E-state index in [4.69, 9.17) is 0 Å². The van der Waals surface area contributed by atoms with Gasteiger partial charge in [0.25, 0.3) is 11.8 Å². The van der Waals surface area contributed by atoms with Crippen molar-refractivity contribution < 1.29 is 14.4 Å². The molecule has 0 saturated carbocycles. The lowest BCUT2D eigenvalue weighted by atomic mass is 10.2. The molecule has 0 fully saturated rings. The third-order valence-corrected chi connectivity index (χ3v) is 2.33. The van der Waals surface area contributed by atoms with Crippen molar-refractivity contribution >= 4 is 17.7 Å². The van der Waals surface area contributed by atoms with Gasteiger partial charge in [-0.15, -0.1) is 0 Å². The summed E-state index contributed by atoms with van der Waals surface area (Å²) in [5, 5.41) is 2.67. The summed E-state index contributed by atoms with van der Waals surface area (Å²) in [6.45, 7) is 6.75. The van der Waals surface area contributed by atoms with Gasteiger partial charge in [0.1, 0.15) is 6.04 Å². The standard InChI is InChI=1S/C11H16N2O3/c1-6(2)12-10(15)8(4)13-9(14)5-7(3)11(13)16/h5-6,8H,1-4H3,(H,12,15). The highest BCUT2D eigenvalue weighted by atomic mass is 16.2. The molecule has 1 heterocycles. The van der Waals surface area contributed by atoms with Crippen LogP contribution in [0.3, 0.4) is 0 Å². The second-order valence-electron chi connectivity index (χ2n) is 4.18. The van der Waals surface area contributed by atoms with Crippen molar-refractivity contribution in [3.63, 3.8) is 0 Å². The van der Waals surface area contributed by atoms with Crippen molar-refractivity contribution in [2.45, 2.75) is 39.8 Å². The third kappa shape index (κ3) is 2.29. The van der Waals surface area contributed by atoms with E-state index >= 15 is 0 Å². The number of carbonyl (C=O) groups excluding carboxylic acids is 3. The Balaban J connectivity index is 2.76. The number of imide groups is 1. The second-order valence-corrected chi connectivity index (χ2v) is 4.18. The van der Waals surface area contributed by atoms with E-state index in [9.17, 15) is 14.4 Å². The average Bonchev–Trinajstić information content (AvgIpc) is 2.39. The predicted molar refractivity (Wildman–Crippen MR) is 58.4 cm³/mol. The van der Waals surface area contributed by atoms with Crippen molar-refractivity contribution in [1.29, 1.82) is 0 Å². The molecule has 1 rings (SSSR count). The van der Waals surface area contributed by atoms with Crippen LogP contribution in [-0.4, -0.2) is 34.7 Å². The summed E-state index contributed by atoms with van der Waals surface area (Å²) in [5.74, 6) is -1.13. The van der Waals surface area contributed by atoms with E-state index in [1.807, 2.05) is 13.8 Å². The fourth-order valence-corrected chi connectivity index (χ4v) is 1.50. The molecule has 3 amide bonds. The van der Waals surface area contributed by atoms with E-state index in [2.05, 4.69) is 5.32 Å². The molecule has 5 nitrogen and oxygen atoms in total. The zero-order chi connectivity index (χ0) is 12.5. The number of nitrogens with one attached hydrogen (secondary N) is 1. The zero-order valence-electron chi connectivity index (χ0n) is 9.90. The maximum Gasteiger partial charge on any atom is 0.257 e. The maximum absolute atomic E-state index is 11.7. The van der Waals surface area contributed by atoms with Crippen molar-refractivity contribution in [3.8, 4) is 0 Å². The Bertz CT molecular complexity index is 371. The topological polar surface area (TPSA) is 66.5 Å². The first-order valence-electron chi connectivity index (χ1n) is 5.20. The van der Waals surface area contributed by atoms with Crippen molar-refractivity contribution in [1.82, 2.24) is 10.2 Å². The average molecular weight is 224 g/mol. The van der Waals surface area contributed by atoms with Crippen LogP contribution in [0.15, 0.2) is 11.6 Å². The van der Waals surface area contributed by atoms with E-state index in [0.29, 0.717) is 5.57 Å². The summed E-state index contributed by atoms with van der Waals surface area (Å²) in [4.78, 5) is 35.7. The van der Waals surface area contributed by atoms with E-state index in [-0.39, 0.29) is 11.9 Å². The summed E-state index contributed by atoms with van der Waals surface area (Å²) in [6, 6.07) is -0.784. The van der Waals surface area contributed by atoms with Crippen LogP contribution in [0.4, 0.5) is 0 Å². The van der Waals surface area contributed by atoms with Crippen molar-refractivity contribution in [2.75, 3.05) is 0 Å². The molecule has 5 heteroatoms. The van der Waals surface area contributed by atoms with Crippen LogP contribution >= 0.6 is 0 Å². The van der Waals surface area contributed by atoms with Gasteiger partial charge in [0, 0.05) is 17.7 Å². The number of carbonyl (C=O) groups is 3. The van der Waals surface area contributed by atoms with Crippen LogP contribution in [0.5, 0.6) is 0 Å². The zero-order valence-corrected chi connectivity index (χ0v) is 9.90. The quantitative estimate of drug-likeness (QED) is 0.697. The smallest absolute Gasteiger partial charge is 0.257 e. The van der Waals surface area contributed by atoms with Crippen LogP contribution in [-0.2, 0) is 14.4 Å². The third-order valence-electron chi connectivity index (χ3n) is 2.33. The Hall–Kier alpha value is -1.65. The number of amides is 3. The highest BCUT2D eigenvalue weighted by Crippen LogP contribution is 2.15. The molecule has 0 spiro atoms. The summed E-state index contributed by atoms with van der Waals surface area (Å²) in [7, 11) is 0. The summed E-state index contributed by atoms with van der Waals surface area (Å²) in [6.07, 6.45) is 1.25. The molecule has 0 bridgehead atoms. The lowest BCUT2D eigenvalue weighted by Gasteiger charge is -2.23. The van der Waals surface area contributed by atoms with E-state index in [0.717, 1.165) is 4.90 Å². The lowest BCUT2D eigenvalue weighted by molar-refractivity contribution is -0.145. The van der Waals surface area contributed by atoms with Gasteiger partial charge in [0.15, 0.2) is 0 Å². The normalized spacial score (nSPS) is 17.8.